The fourth-order valence-corrected chi connectivity index (χ4v) is 2.50. The molecule has 0 bridgehead atoms. The van der Waals surface area contributed by atoms with Crippen molar-refractivity contribution in [1.29, 1.82) is 0 Å². The zero-order chi connectivity index (χ0) is 14.3. The third-order valence-corrected chi connectivity index (χ3v) is 3.72. The third kappa shape index (κ3) is 6.73. The maximum Gasteiger partial charge on any atom is 0.416 e. The van der Waals surface area contributed by atoms with Gasteiger partial charge in [0.25, 0.3) is 0 Å². The molecular weight excluding hydrogens is 293 g/mol. The first kappa shape index (κ1) is 16.2. The van der Waals surface area contributed by atoms with Gasteiger partial charge in [-0.1, -0.05) is 30.0 Å². The van der Waals surface area contributed by atoms with Crippen molar-refractivity contribution in [3.8, 4) is 0 Å². The van der Waals surface area contributed by atoms with Crippen LogP contribution in [0.1, 0.15) is 18.1 Å². The van der Waals surface area contributed by atoms with Crippen molar-refractivity contribution >= 4 is 28.6 Å². The summed E-state index contributed by atoms with van der Waals surface area (Å²) in [5.74, 6) is 1.37. The minimum absolute atomic E-state index is 0.0315. The van der Waals surface area contributed by atoms with E-state index in [1.165, 1.54) is 19.1 Å². The lowest BCUT2D eigenvalue weighted by atomic mass is 10.1. The van der Waals surface area contributed by atoms with Crippen molar-refractivity contribution in [1.82, 2.24) is 0 Å². The van der Waals surface area contributed by atoms with Crippen LogP contribution in [0, 0.1) is 0 Å². The monoisotopic (exact) mass is 306 g/mol. The Morgan fingerprint density at radius 1 is 1.26 bits per heavy atom. The largest absolute Gasteiger partial charge is 0.416 e. The molecule has 104 valence electrons. The number of halogens is 3. The van der Waals surface area contributed by atoms with Gasteiger partial charge in [0, 0.05) is 18.4 Å². The van der Waals surface area contributed by atoms with Crippen molar-refractivity contribution in [3.63, 3.8) is 0 Å². The molecule has 0 spiro atoms. The maximum atomic E-state index is 12.3. The molecule has 0 aliphatic rings. The third-order valence-electron chi connectivity index (χ3n) is 2.09. The molecule has 1 rings (SSSR count). The molecule has 0 radical (unpaired) electrons. The molecule has 0 heterocycles. The summed E-state index contributed by atoms with van der Waals surface area (Å²) in [7, 11) is 0. The summed E-state index contributed by atoms with van der Waals surface area (Å²) < 4.78 is 37.0. The van der Waals surface area contributed by atoms with Crippen molar-refractivity contribution in [2.24, 2.45) is 0 Å². The first-order chi connectivity index (χ1) is 8.89. The van der Waals surface area contributed by atoms with E-state index in [0.717, 1.165) is 35.2 Å². The first-order valence-electron chi connectivity index (χ1n) is 5.45. The van der Waals surface area contributed by atoms with E-state index in [2.05, 4.69) is 0 Å². The molecule has 0 saturated heterocycles. The molecule has 0 amide bonds. The number of hydrogen-bond acceptors (Lipinski definition) is 3. The SMILES string of the molecule is CC(=O)SC=CCSCc1ccc(C(F)(F)F)cc1. The van der Waals surface area contributed by atoms with Crippen LogP contribution >= 0.6 is 23.5 Å². The van der Waals surface area contributed by atoms with Gasteiger partial charge >= 0.3 is 6.18 Å². The molecule has 1 aromatic rings. The molecule has 0 unspecified atom stereocenters. The second kappa shape index (κ2) is 7.65. The fourth-order valence-electron chi connectivity index (χ4n) is 1.22. The predicted molar refractivity (Wildman–Crippen MR) is 75.0 cm³/mol. The summed E-state index contributed by atoms with van der Waals surface area (Å²) in [5, 5.41) is 1.76. The smallest absolute Gasteiger partial charge is 0.287 e. The Labute approximate surface area is 118 Å². The number of thioether (sulfide) groups is 2. The van der Waals surface area contributed by atoms with E-state index in [4.69, 9.17) is 0 Å². The van der Waals surface area contributed by atoms with Gasteiger partial charge in [-0.2, -0.15) is 24.9 Å². The molecule has 0 aromatic heterocycles. The Hall–Kier alpha value is -0.880. The second-order valence-electron chi connectivity index (χ2n) is 3.69. The highest BCUT2D eigenvalue weighted by Gasteiger charge is 2.29. The zero-order valence-electron chi connectivity index (χ0n) is 10.2. The second-order valence-corrected chi connectivity index (χ2v) is 5.80. The average molecular weight is 306 g/mol. The molecule has 0 atom stereocenters. The van der Waals surface area contributed by atoms with Crippen LogP contribution in [0.4, 0.5) is 13.2 Å². The molecular formula is C13H13F3OS2. The highest BCUT2D eigenvalue weighted by atomic mass is 32.2. The Morgan fingerprint density at radius 2 is 1.89 bits per heavy atom. The Kier molecular flexibility index (Phi) is 6.51. The summed E-state index contributed by atoms with van der Waals surface area (Å²) in [5.41, 5.74) is 0.227. The normalized spacial score (nSPS) is 12.0. The van der Waals surface area contributed by atoms with Crippen molar-refractivity contribution in [2.45, 2.75) is 18.9 Å². The standard InChI is InChI=1S/C13H13F3OS2/c1-10(17)19-8-2-7-18-9-11-3-5-12(6-4-11)13(14,15)16/h2-6,8H,7,9H2,1H3. The van der Waals surface area contributed by atoms with Gasteiger partial charge in [-0.05, 0) is 23.1 Å². The van der Waals surface area contributed by atoms with E-state index < -0.39 is 11.7 Å². The van der Waals surface area contributed by atoms with Gasteiger partial charge in [-0.25, -0.2) is 0 Å². The van der Waals surface area contributed by atoms with E-state index in [1.54, 1.807) is 17.2 Å². The number of hydrogen-bond donors (Lipinski definition) is 0. The van der Waals surface area contributed by atoms with Gasteiger partial charge in [0.2, 0.25) is 0 Å². The predicted octanol–water partition coefficient (Wildman–Crippen LogP) is 4.73. The quantitative estimate of drug-likeness (QED) is 0.732. The molecule has 6 heteroatoms. The van der Waals surface area contributed by atoms with Crippen LogP contribution in [-0.4, -0.2) is 10.9 Å². The Balaban J connectivity index is 2.34. The first-order valence-corrected chi connectivity index (χ1v) is 7.49. The lowest BCUT2D eigenvalue weighted by molar-refractivity contribution is -0.137. The van der Waals surface area contributed by atoms with Gasteiger partial charge in [-0.15, -0.1) is 0 Å². The summed E-state index contributed by atoms with van der Waals surface area (Å²) >= 11 is 2.70. The van der Waals surface area contributed by atoms with Gasteiger partial charge in [-0.3, -0.25) is 4.79 Å². The topological polar surface area (TPSA) is 17.1 Å². The minimum Gasteiger partial charge on any atom is -0.287 e. The van der Waals surface area contributed by atoms with Gasteiger partial charge in [0.15, 0.2) is 5.12 Å². The summed E-state index contributed by atoms with van der Waals surface area (Å²) in [6, 6.07) is 5.17. The van der Waals surface area contributed by atoms with Crippen LogP contribution in [0.5, 0.6) is 0 Å². The van der Waals surface area contributed by atoms with Crippen LogP contribution in [0.15, 0.2) is 35.7 Å². The van der Waals surface area contributed by atoms with Crippen LogP contribution < -0.4 is 0 Å². The fraction of sp³-hybridized carbons (Fsp3) is 0.308. The molecule has 19 heavy (non-hydrogen) atoms. The Morgan fingerprint density at radius 3 is 2.42 bits per heavy atom. The van der Waals surface area contributed by atoms with Crippen LogP contribution in [0.25, 0.3) is 0 Å². The lowest BCUT2D eigenvalue weighted by Gasteiger charge is -2.07. The van der Waals surface area contributed by atoms with Crippen LogP contribution in [0.3, 0.4) is 0 Å². The van der Waals surface area contributed by atoms with Gasteiger partial charge < -0.3 is 0 Å². The number of carbonyl (C=O) groups excluding carboxylic acids is 1. The van der Waals surface area contributed by atoms with E-state index >= 15 is 0 Å². The van der Waals surface area contributed by atoms with E-state index in [-0.39, 0.29) is 5.12 Å². The molecule has 0 N–H and O–H groups in total. The number of alkyl halides is 3. The molecule has 0 aliphatic heterocycles. The molecule has 0 saturated carbocycles. The number of carbonyl (C=O) groups is 1. The van der Waals surface area contributed by atoms with E-state index in [1.807, 2.05) is 6.08 Å². The van der Waals surface area contributed by atoms with Crippen molar-refractivity contribution < 1.29 is 18.0 Å². The molecule has 1 aromatic carbocycles. The summed E-state index contributed by atoms with van der Waals surface area (Å²) in [4.78, 5) is 10.6. The van der Waals surface area contributed by atoms with Crippen molar-refractivity contribution in [2.75, 3.05) is 5.75 Å². The highest BCUT2D eigenvalue weighted by molar-refractivity contribution is 8.16. The maximum absolute atomic E-state index is 12.3. The summed E-state index contributed by atoms with van der Waals surface area (Å²) in [6.07, 6.45) is -2.42. The van der Waals surface area contributed by atoms with Gasteiger partial charge in [0.05, 0.1) is 5.56 Å². The number of benzene rings is 1. The number of rotatable bonds is 5. The average Bonchev–Trinajstić information content (AvgIpc) is 2.32. The van der Waals surface area contributed by atoms with Crippen molar-refractivity contribution in [3.05, 3.63) is 46.9 Å². The molecule has 1 nitrogen and oxygen atoms in total. The molecule has 0 fully saturated rings. The van der Waals surface area contributed by atoms with Crippen LogP contribution in [-0.2, 0) is 16.7 Å². The molecule has 0 aliphatic carbocycles. The zero-order valence-corrected chi connectivity index (χ0v) is 11.9. The lowest BCUT2D eigenvalue weighted by Crippen LogP contribution is -2.04. The summed E-state index contributed by atoms with van der Waals surface area (Å²) in [6.45, 7) is 1.49. The Bertz CT molecular complexity index is 438. The minimum atomic E-state index is -4.28. The van der Waals surface area contributed by atoms with E-state index in [9.17, 15) is 18.0 Å². The highest BCUT2D eigenvalue weighted by Crippen LogP contribution is 2.29. The van der Waals surface area contributed by atoms with Gasteiger partial charge in [0.1, 0.15) is 0 Å². The van der Waals surface area contributed by atoms with Crippen LogP contribution in [0.2, 0.25) is 0 Å². The van der Waals surface area contributed by atoms with E-state index in [0.29, 0.717) is 5.75 Å².